The van der Waals surface area contributed by atoms with Crippen molar-refractivity contribution >= 4 is 11.6 Å². The van der Waals surface area contributed by atoms with Crippen molar-refractivity contribution in [2.24, 2.45) is 5.92 Å². The normalized spacial score (nSPS) is 23.2. The maximum Gasteiger partial charge on any atom is 0.256 e. The van der Waals surface area contributed by atoms with Gasteiger partial charge in [-0.2, -0.15) is 0 Å². The lowest BCUT2D eigenvalue weighted by atomic mass is 10.0. The van der Waals surface area contributed by atoms with E-state index in [1.54, 1.807) is 29.4 Å². The summed E-state index contributed by atoms with van der Waals surface area (Å²) in [6.45, 7) is 4.38. The van der Waals surface area contributed by atoms with E-state index in [4.69, 9.17) is 4.74 Å². The molecular formula is C19H21FN2O2. The fourth-order valence-corrected chi connectivity index (χ4v) is 3.13. The van der Waals surface area contributed by atoms with Crippen molar-refractivity contribution in [2.45, 2.75) is 39.0 Å². The molecule has 3 atom stereocenters. The lowest BCUT2D eigenvalue weighted by molar-refractivity contribution is -0.130. The van der Waals surface area contributed by atoms with Crippen LogP contribution in [0.3, 0.4) is 0 Å². The van der Waals surface area contributed by atoms with Crippen LogP contribution in [0.1, 0.15) is 25.8 Å². The van der Waals surface area contributed by atoms with Crippen molar-refractivity contribution in [3.63, 3.8) is 0 Å². The van der Waals surface area contributed by atoms with E-state index in [1.165, 1.54) is 12.1 Å². The maximum atomic E-state index is 13.3. The lowest BCUT2D eigenvalue weighted by Gasteiger charge is -2.27. The Kier molecular flexibility index (Phi) is 4.90. The minimum Gasteiger partial charge on any atom is -0.365 e. The Morgan fingerprint density at radius 1 is 1.29 bits per heavy atom. The number of halogens is 1. The summed E-state index contributed by atoms with van der Waals surface area (Å²) >= 11 is 0. The molecule has 1 aromatic carbocycles. The van der Waals surface area contributed by atoms with Crippen LogP contribution in [-0.4, -0.2) is 23.1 Å². The number of anilines is 1. The molecule has 0 radical (unpaired) electrons. The molecule has 1 aromatic heterocycles. The Morgan fingerprint density at radius 2 is 2.04 bits per heavy atom. The zero-order valence-electron chi connectivity index (χ0n) is 13.9. The third-order valence-electron chi connectivity index (χ3n) is 4.31. The summed E-state index contributed by atoms with van der Waals surface area (Å²) in [6.07, 6.45) is 3.88. The molecular weight excluding hydrogens is 307 g/mol. The SMILES string of the molecule is C[C@@H]1C[C@H](C)[C@H](C(=O)N(Cc2cccnc2)c2ccc(F)cc2)O1. The van der Waals surface area contributed by atoms with Crippen molar-refractivity contribution in [3.05, 3.63) is 60.2 Å². The van der Waals surface area contributed by atoms with Crippen LogP contribution in [0, 0.1) is 11.7 Å². The van der Waals surface area contributed by atoms with Crippen molar-refractivity contribution in [2.75, 3.05) is 4.90 Å². The number of rotatable bonds is 4. The first-order valence-corrected chi connectivity index (χ1v) is 8.16. The van der Waals surface area contributed by atoms with E-state index in [0.717, 1.165) is 12.0 Å². The summed E-state index contributed by atoms with van der Waals surface area (Å²) < 4.78 is 19.1. The molecule has 126 valence electrons. The molecule has 1 saturated heterocycles. The summed E-state index contributed by atoms with van der Waals surface area (Å²) in [4.78, 5) is 18.8. The Balaban J connectivity index is 1.89. The molecule has 2 heterocycles. The van der Waals surface area contributed by atoms with Crippen LogP contribution in [0.5, 0.6) is 0 Å². The van der Waals surface area contributed by atoms with Gasteiger partial charge in [0.2, 0.25) is 0 Å². The average Bonchev–Trinajstić information content (AvgIpc) is 2.92. The van der Waals surface area contributed by atoms with Crippen molar-refractivity contribution < 1.29 is 13.9 Å². The van der Waals surface area contributed by atoms with E-state index in [-0.39, 0.29) is 23.7 Å². The van der Waals surface area contributed by atoms with Gasteiger partial charge in [0.05, 0.1) is 12.6 Å². The topological polar surface area (TPSA) is 42.4 Å². The first-order valence-electron chi connectivity index (χ1n) is 8.16. The minimum atomic E-state index is -0.471. The van der Waals surface area contributed by atoms with Gasteiger partial charge < -0.3 is 9.64 Å². The van der Waals surface area contributed by atoms with Crippen LogP contribution in [0.4, 0.5) is 10.1 Å². The van der Waals surface area contributed by atoms with Crippen LogP contribution in [0.15, 0.2) is 48.8 Å². The highest BCUT2D eigenvalue weighted by molar-refractivity contribution is 5.96. The van der Waals surface area contributed by atoms with Gasteiger partial charge in [-0.15, -0.1) is 0 Å². The van der Waals surface area contributed by atoms with Gasteiger partial charge in [-0.1, -0.05) is 13.0 Å². The van der Waals surface area contributed by atoms with Gasteiger partial charge >= 0.3 is 0 Å². The molecule has 0 bridgehead atoms. The molecule has 0 unspecified atom stereocenters. The molecule has 5 heteroatoms. The minimum absolute atomic E-state index is 0.0717. The second kappa shape index (κ2) is 7.09. The van der Waals surface area contributed by atoms with Gasteiger partial charge in [-0.25, -0.2) is 4.39 Å². The Hall–Kier alpha value is -2.27. The standard InChI is InChI=1S/C19H21FN2O2/c1-13-10-14(2)24-18(13)19(23)22(12-15-4-3-9-21-11-15)17-7-5-16(20)6-8-17/h3-9,11,13-14,18H,10,12H2,1-2H3/t13-,14+,18+/m0/s1. The van der Waals surface area contributed by atoms with Crippen LogP contribution in [0.2, 0.25) is 0 Å². The van der Waals surface area contributed by atoms with Gasteiger partial charge in [0.25, 0.3) is 5.91 Å². The van der Waals surface area contributed by atoms with Gasteiger partial charge in [0, 0.05) is 18.1 Å². The first-order chi connectivity index (χ1) is 11.5. The van der Waals surface area contributed by atoms with E-state index in [0.29, 0.717) is 12.2 Å². The Labute approximate surface area is 141 Å². The van der Waals surface area contributed by atoms with Crippen molar-refractivity contribution in [1.29, 1.82) is 0 Å². The van der Waals surface area contributed by atoms with E-state index < -0.39 is 6.10 Å². The van der Waals surface area contributed by atoms with E-state index in [2.05, 4.69) is 4.98 Å². The molecule has 0 aliphatic carbocycles. The van der Waals surface area contributed by atoms with Gasteiger partial charge in [0.15, 0.2) is 0 Å². The number of nitrogens with zero attached hydrogens (tertiary/aromatic N) is 2. The number of carbonyl (C=O) groups excluding carboxylic acids is 1. The smallest absolute Gasteiger partial charge is 0.256 e. The number of aromatic nitrogens is 1. The molecule has 24 heavy (non-hydrogen) atoms. The molecule has 1 aliphatic heterocycles. The third kappa shape index (κ3) is 3.62. The first kappa shape index (κ1) is 16.6. The fraction of sp³-hybridized carbons (Fsp3) is 0.368. The Bertz CT molecular complexity index is 690. The highest BCUT2D eigenvalue weighted by Gasteiger charge is 2.37. The number of hydrogen-bond donors (Lipinski definition) is 0. The van der Waals surface area contributed by atoms with Gasteiger partial charge in [-0.05, 0) is 55.2 Å². The molecule has 1 amide bonds. The summed E-state index contributed by atoms with van der Waals surface area (Å²) in [5, 5.41) is 0. The van der Waals surface area contributed by atoms with E-state index >= 15 is 0 Å². The van der Waals surface area contributed by atoms with Crippen LogP contribution in [0.25, 0.3) is 0 Å². The molecule has 0 saturated carbocycles. The molecule has 0 spiro atoms. The van der Waals surface area contributed by atoms with Gasteiger partial charge in [0.1, 0.15) is 11.9 Å². The molecule has 0 N–H and O–H groups in total. The fourth-order valence-electron chi connectivity index (χ4n) is 3.13. The number of carbonyl (C=O) groups is 1. The molecule has 4 nitrogen and oxygen atoms in total. The predicted octanol–water partition coefficient (Wildman–Crippen LogP) is 3.57. The Morgan fingerprint density at radius 3 is 2.62 bits per heavy atom. The lowest BCUT2D eigenvalue weighted by Crippen LogP contribution is -2.41. The maximum absolute atomic E-state index is 13.3. The monoisotopic (exact) mass is 328 g/mol. The van der Waals surface area contributed by atoms with Crippen LogP contribution < -0.4 is 4.90 Å². The molecule has 3 rings (SSSR count). The summed E-state index contributed by atoms with van der Waals surface area (Å²) in [5.41, 5.74) is 1.56. The van der Waals surface area contributed by atoms with Crippen molar-refractivity contribution in [1.82, 2.24) is 4.98 Å². The summed E-state index contributed by atoms with van der Waals surface area (Å²) in [5.74, 6) is -0.265. The molecule has 1 aliphatic rings. The highest BCUT2D eigenvalue weighted by Crippen LogP contribution is 2.29. The summed E-state index contributed by atoms with van der Waals surface area (Å²) in [7, 11) is 0. The number of amides is 1. The average molecular weight is 328 g/mol. The second-order valence-electron chi connectivity index (χ2n) is 6.34. The van der Waals surface area contributed by atoms with Crippen LogP contribution in [-0.2, 0) is 16.1 Å². The number of ether oxygens (including phenoxy) is 1. The second-order valence-corrected chi connectivity index (χ2v) is 6.34. The zero-order valence-corrected chi connectivity index (χ0v) is 13.9. The van der Waals surface area contributed by atoms with Crippen molar-refractivity contribution in [3.8, 4) is 0 Å². The number of benzene rings is 1. The highest BCUT2D eigenvalue weighted by atomic mass is 19.1. The number of hydrogen-bond acceptors (Lipinski definition) is 3. The quantitative estimate of drug-likeness (QED) is 0.862. The van der Waals surface area contributed by atoms with E-state index in [9.17, 15) is 9.18 Å². The van der Waals surface area contributed by atoms with Gasteiger partial charge in [-0.3, -0.25) is 9.78 Å². The molecule has 2 aromatic rings. The molecule has 1 fully saturated rings. The van der Waals surface area contributed by atoms with E-state index in [1.807, 2.05) is 26.0 Å². The zero-order chi connectivity index (χ0) is 17.1. The predicted molar refractivity (Wildman–Crippen MR) is 89.9 cm³/mol. The van der Waals surface area contributed by atoms with Crippen LogP contribution >= 0.6 is 0 Å². The summed E-state index contributed by atoms with van der Waals surface area (Å²) in [6, 6.07) is 9.71. The largest absolute Gasteiger partial charge is 0.365 e. The number of pyridine rings is 1. The third-order valence-corrected chi connectivity index (χ3v) is 4.31.